The Morgan fingerprint density at radius 2 is 1.53 bits per heavy atom. The standard InChI is InChI=1S/C26H34O12/c1-34-18-7-12(3-5-16(18)29)24-14(9-27)15(11-36-24)25(13-4-6-17(30)19(8-13)35-2)38-26-23(33)22(32)21(31)20(10-28)37-26/h3-8,14-15,20-33H,9-11H2,1-2H3/t14-,15+,20+,21+,22-,23+,24+,25?,26-/m0/s1. The number of methoxy groups -OCH3 is 2. The number of phenols is 2. The van der Waals surface area contributed by atoms with E-state index in [0.29, 0.717) is 11.1 Å². The fraction of sp³-hybridized carbons (Fsp3) is 0.538. The average molecular weight is 539 g/mol. The van der Waals surface area contributed by atoms with Crippen LogP contribution < -0.4 is 9.47 Å². The highest BCUT2D eigenvalue weighted by Gasteiger charge is 2.48. The third kappa shape index (κ3) is 5.40. The van der Waals surface area contributed by atoms with E-state index in [4.69, 9.17) is 23.7 Å². The van der Waals surface area contributed by atoms with E-state index in [0.717, 1.165) is 0 Å². The first-order valence-corrected chi connectivity index (χ1v) is 12.2. The Bertz CT molecular complexity index is 1080. The summed E-state index contributed by atoms with van der Waals surface area (Å²) in [7, 11) is 2.80. The van der Waals surface area contributed by atoms with Gasteiger partial charge in [0.1, 0.15) is 24.4 Å². The topological polar surface area (TPSA) is 188 Å². The minimum Gasteiger partial charge on any atom is -0.504 e. The number of aliphatic hydroxyl groups excluding tert-OH is 5. The number of hydrogen-bond donors (Lipinski definition) is 7. The van der Waals surface area contributed by atoms with Gasteiger partial charge in [-0.1, -0.05) is 12.1 Å². The van der Waals surface area contributed by atoms with Crippen LogP contribution in [0.2, 0.25) is 0 Å². The van der Waals surface area contributed by atoms with Gasteiger partial charge < -0.3 is 59.4 Å². The largest absolute Gasteiger partial charge is 0.504 e. The van der Waals surface area contributed by atoms with Crippen LogP contribution in [0, 0.1) is 11.8 Å². The van der Waals surface area contributed by atoms with Crippen LogP contribution in [-0.4, -0.2) is 100 Å². The predicted octanol–water partition coefficient (Wildman–Crippen LogP) is -0.0312. The molecule has 0 saturated carbocycles. The Morgan fingerprint density at radius 1 is 0.868 bits per heavy atom. The summed E-state index contributed by atoms with van der Waals surface area (Å²) in [5.74, 6) is -0.845. The lowest BCUT2D eigenvalue weighted by Crippen LogP contribution is -2.59. The summed E-state index contributed by atoms with van der Waals surface area (Å²) in [4.78, 5) is 0. The molecule has 7 N–H and O–H groups in total. The van der Waals surface area contributed by atoms with Crippen LogP contribution in [0.15, 0.2) is 36.4 Å². The number of benzene rings is 2. The van der Waals surface area contributed by atoms with Gasteiger partial charge in [0.2, 0.25) is 0 Å². The minimum atomic E-state index is -1.65. The molecule has 2 aliphatic rings. The van der Waals surface area contributed by atoms with Gasteiger partial charge in [0.15, 0.2) is 29.3 Å². The average Bonchev–Trinajstić information content (AvgIpc) is 3.36. The molecule has 0 amide bonds. The van der Waals surface area contributed by atoms with Crippen molar-refractivity contribution in [2.45, 2.75) is 42.9 Å². The molecule has 9 atom stereocenters. The molecule has 0 spiro atoms. The fourth-order valence-corrected chi connectivity index (χ4v) is 5.07. The zero-order chi connectivity index (χ0) is 27.6. The summed E-state index contributed by atoms with van der Waals surface area (Å²) < 4.78 is 28.3. The molecular formula is C26H34O12. The van der Waals surface area contributed by atoms with Gasteiger partial charge in [-0.3, -0.25) is 0 Å². The molecule has 2 heterocycles. The number of rotatable bonds is 9. The molecule has 0 radical (unpaired) electrons. The Morgan fingerprint density at radius 3 is 2.16 bits per heavy atom. The quantitative estimate of drug-likeness (QED) is 0.226. The first kappa shape index (κ1) is 28.3. The first-order chi connectivity index (χ1) is 18.2. The van der Waals surface area contributed by atoms with Crippen molar-refractivity contribution < 1.29 is 59.4 Å². The van der Waals surface area contributed by atoms with Crippen LogP contribution in [0.25, 0.3) is 0 Å². The van der Waals surface area contributed by atoms with E-state index in [-0.39, 0.29) is 36.2 Å². The summed E-state index contributed by atoms with van der Waals surface area (Å²) in [6.45, 7) is -0.842. The molecular weight excluding hydrogens is 504 g/mol. The highest BCUT2D eigenvalue weighted by atomic mass is 16.7. The molecule has 4 rings (SSSR count). The van der Waals surface area contributed by atoms with Crippen molar-refractivity contribution in [3.63, 3.8) is 0 Å². The maximum absolute atomic E-state index is 10.6. The van der Waals surface area contributed by atoms with E-state index in [1.165, 1.54) is 32.4 Å². The normalized spacial score (nSPS) is 32.2. The third-order valence-electron chi connectivity index (χ3n) is 7.20. The fourth-order valence-electron chi connectivity index (χ4n) is 5.07. The second-order valence-corrected chi connectivity index (χ2v) is 9.38. The highest BCUT2D eigenvalue weighted by Crippen LogP contribution is 2.48. The van der Waals surface area contributed by atoms with Crippen LogP contribution in [0.5, 0.6) is 23.0 Å². The van der Waals surface area contributed by atoms with Crippen LogP contribution in [0.3, 0.4) is 0 Å². The molecule has 38 heavy (non-hydrogen) atoms. The molecule has 2 saturated heterocycles. The molecule has 2 aliphatic heterocycles. The van der Waals surface area contributed by atoms with Gasteiger partial charge in [0, 0.05) is 18.4 Å². The van der Waals surface area contributed by atoms with Crippen molar-refractivity contribution >= 4 is 0 Å². The summed E-state index contributed by atoms with van der Waals surface area (Å²) in [6.07, 6.45) is -9.03. The van der Waals surface area contributed by atoms with Gasteiger partial charge in [-0.2, -0.15) is 0 Å². The lowest BCUT2D eigenvalue weighted by Gasteiger charge is -2.42. The monoisotopic (exact) mass is 538 g/mol. The van der Waals surface area contributed by atoms with Crippen molar-refractivity contribution in [2.75, 3.05) is 34.0 Å². The molecule has 12 nitrogen and oxygen atoms in total. The van der Waals surface area contributed by atoms with Gasteiger partial charge in [-0.15, -0.1) is 0 Å². The van der Waals surface area contributed by atoms with Crippen LogP contribution in [-0.2, 0) is 14.2 Å². The number of phenolic OH excluding ortho intramolecular Hbond substituents is 2. The maximum Gasteiger partial charge on any atom is 0.187 e. The summed E-state index contributed by atoms with van der Waals surface area (Å²) >= 11 is 0. The third-order valence-corrected chi connectivity index (χ3v) is 7.20. The van der Waals surface area contributed by atoms with Crippen molar-refractivity contribution in [3.05, 3.63) is 47.5 Å². The van der Waals surface area contributed by atoms with E-state index in [1.807, 2.05) is 0 Å². The second-order valence-electron chi connectivity index (χ2n) is 9.38. The van der Waals surface area contributed by atoms with Crippen molar-refractivity contribution in [3.8, 4) is 23.0 Å². The molecule has 12 heteroatoms. The first-order valence-electron chi connectivity index (χ1n) is 12.2. The van der Waals surface area contributed by atoms with E-state index in [2.05, 4.69) is 0 Å². The zero-order valence-corrected chi connectivity index (χ0v) is 21.0. The lowest BCUT2D eigenvalue weighted by atomic mass is 9.82. The second kappa shape index (κ2) is 12.0. The number of ether oxygens (including phenoxy) is 5. The number of hydrogen-bond acceptors (Lipinski definition) is 12. The van der Waals surface area contributed by atoms with Gasteiger partial charge in [0.25, 0.3) is 0 Å². The minimum absolute atomic E-state index is 0.0497. The van der Waals surface area contributed by atoms with Gasteiger partial charge >= 0.3 is 0 Å². The van der Waals surface area contributed by atoms with Gasteiger partial charge in [-0.05, 0) is 35.4 Å². The smallest absolute Gasteiger partial charge is 0.187 e. The van der Waals surface area contributed by atoms with Crippen LogP contribution in [0.4, 0.5) is 0 Å². The van der Waals surface area contributed by atoms with Crippen LogP contribution in [0.1, 0.15) is 23.3 Å². The van der Waals surface area contributed by atoms with E-state index < -0.39 is 61.4 Å². The summed E-state index contributed by atoms with van der Waals surface area (Å²) in [6, 6.07) is 9.26. The molecule has 0 bridgehead atoms. The molecule has 2 fully saturated rings. The number of aromatic hydroxyl groups is 2. The zero-order valence-electron chi connectivity index (χ0n) is 21.0. The lowest BCUT2D eigenvalue weighted by molar-refractivity contribution is -0.317. The predicted molar refractivity (Wildman–Crippen MR) is 130 cm³/mol. The number of aliphatic hydroxyl groups is 5. The van der Waals surface area contributed by atoms with Crippen LogP contribution >= 0.6 is 0 Å². The van der Waals surface area contributed by atoms with E-state index in [1.54, 1.807) is 18.2 Å². The van der Waals surface area contributed by atoms with E-state index in [9.17, 15) is 35.7 Å². The Balaban J connectivity index is 1.70. The Kier molecular flexibility index (Phi) is 8.96. The Labute approximate surface area is 219 Å². The molecule has 0 aliphatic carbocycles. The van der Waals surface area contributed by atoms with Crippen molar-refractivity contribution in [1.29, 1.82) is 0 Å². The maximum atomic E-state index is 10.6. The Hall–Kier alpha value is -2.68. The van der Waals surface area contributed by atoms with Crippen molar-refractivity contribution in [2.24, 2.45) is 11.8 Å². The molecule has 2 aromatic carbocycles. The van der Waals surface area contributed by atoms with Gasteiger partial charge in [0.05, 0.1) is 39.6 Å². The highest BCUT2D eigenvalue weighted by molar-refractivity contribution is 5.44. The van der Waals surface area contributed by atoms with E-state index >= 15 is 0 Å². The molecule has 210 valence electrons. The summed E-state index contributed by atoms with van der Waals surface area (Å²) in [5.41, 5.74) is 1.14. The van der Waals surface area contributed by atoms with Crippen molar-refractivity contribution in [1.82, 2.24) is 0 Å². The SMILES string of the molecule is COc1cc(C(O[C@@H]2O[C@H](CO)[C@@H](O)[C@H](O)[C@H]2O)[C@@H]2CO[C@H](c3ccc(O)c(OC)c3)[C@H]2CO)ccc1O. The summed E-state index contributed by atoms with van der Waals surface area (Å²) in [5, 5.41) is 71.2. The van der Waals surface area contributed by atoms with Gasteiger partial charge in [-0.25, -0.2) is 0 Å². The molecule has 2 aromatic rings. The molecule has 1 unspecified atom stereocenters. The molecule has 0 aromatic heterocycles.